The lowest BCUT2D eigenvalue weighted by Crippen LogP contribution is -2.49. The molecular formula is C26H34N4O4S2. The summed E-state index contributed by atoms with van der Waals surface area (Å²) >= 11 is 1.56. The third-order valence-electron chi connectivity index (χ3n) is 7.58. The van der Waals surface area contributed by atoms with Gasteiger partial charge in [-0.3, -0.25) is 4.90 Å². The van der Waals surface area contributed by atoms with Gasteiger partial charge >= 0.3 is 0 Å². The van der Waals surface area contributed by atoms with Gasteiger partial charge in [-0.2, -0.15) is 4.37 Å². The molecule has 5 rings (SSSR count). The molecule has 3 aromatic rings. The summed E-state index contributed by atoms with van der Waals surface area (Å²) in [5.41, 5.74) is 0. The summed E-state index contributed by atoms with van der Waals surface area (Å²) in [5.74, 6) is 1.96. The van der Waals surface area contributed by atoms with E-state index in [0.717, 1.165) is 57.8 Å². The number of nitrogens with zero attached hydrogens (tertiary/aromatic N) is 3. The zero-order valence-corrected chi connectivity index (χ0v) is 22.2. The van der Waals surface area contributed by atoms with Gasteiger partial charge in [0.1, 0.15) is 22.2 Å². The average Bonchev–Trinajstić information content (AvgIpc) is 3.33. The number of sulfonamides is 1. The van der Waals surface area contributed by atoms with Crippen molar-refractivity contribution in [3.05, 3.63) is 42.5 Å². The largest absolute Gasteiger partial charge is 0.507 e. The number of anilines is 1. The van der Waals surface area contributed by atoms with Crippen molar-refractivity contribution in [1.82, 2.24) is 14.0 Å². The Bertz CT molecular complexity index is 1290. The van der Waals surface area contributed by atoms with E-state index in [1.54, 1.807) is 17.6 Å². The fourth-order valence-electron chi connectivity index (χ4n) is 5.50. The van der Waals surface area contributed by atoms with Crippen LogP contribution >= 0.6 is 11.5 Å². The van der Waals surface area contributed by atoms with Crippen LogP contribution in [0.2, 0.25) is 0 Å². The molecule has 1 aliphatic carbocycles. The molecule has 2 fully saturated rings. The number of hydrogen-bond donors (Lipinski definition) is 2. The number of aromatic hydroxyl groups is 1. The molecular weight excluding hydrogens is 496 g/mol. The average molecular weight is 531 g/mol. The van der Waals surface area contributed by atoms with Crippen LogP contribution in [0.3, 0.4) is 0 Å². The van der Waals surface area contributed by atoms with Gasteiger partial charge in [0.25, 0.3) is 0 Å². The van der Waals surface area contributed by atoms with Gasteiger partial charge in [-0.15, -0.1) is 0 Å². The van der Waals surface area contributed by atoms with Crippen LogP contribution in [0, 0.1) is 11.8 Å². The van der Waals surface area contributed by atoms with E-state index >= 15 is 0 Å². The highest BCUT2D eigenvalue weighted by Crippen LogP contribution is 2.33. The van der Waals surface area contributed by atoms with Crippen LogP contribution in [0.1, 0.15) is 25.7 Å². The molecule has 2 aliphatic rings. The molecule has 0 radical (unpaired) electrons. The van der Waals surface area contributed by atoms with Crippen LogP contribution in [-0.2, 0) is 10.0 Å². The normalized spacial score (nSPS) is 21.6. The second kappa shape index (κ2) is 10.9. The Morgan fingerprint density at radius 2 is 1.83 bits per heavy atom. The molecule has 8 nitrogen and oxygen atoms in total. The Kier molecular flexibility index (Phi) is 7.66. The maximum absolute atomic E-state index is 13.0. The van der Waals surface area contributed by atoms with Crippen LogP contribution in [-0.4, -0.2) is 69.2 Å². The molecule has 0 unspecified atom stereocenters. The first-order chi connectivity index (χ1) is 17.4. The van der Waals surface area contributed by atoms with Gasteiger partial charge in [-0.1, -0.05) is 25.0 Å². The zero-order valence-electron chi connectivity index (χ0n) is 20.6. The topological polar surface area (TPSA) is 95.0 Å². The number of phenolic OH excluding ortho intramolecular Hbond substituents is 1. The second-order valence-electron chi connectivity index (χ2n) is 9.78. The van der Waals surface area contributed by atoms with E-state index in [-0.39, 0.29) is 16.6 Å². The fourth-order valence-corrected chi connectivity index (χ4v) is 7.50. The zero-order chi connectivity index (χ0) is 25.1. The smallest absolute Gasteiger partial charge is 0.244 e. The fraction of sp³-hybridized carbons (Fsp3) is 0.500. The molecule has 2 N–H and O–H groups in total. The number of hydrogen-bond acceptors (Lipinski definition) is 8. The Hall–Kier alpha value is -2.40. The van der Waals surface area contributed by atoms with E-state index < -0.39 is 10.0 Å². The van der Waals surface area contributed by atoms with Crippen molar-refractivity contribution >= 4 is 37.5 Å². The van der Waals surface area contributed by atoms with E-state index in [1.807, 2.05) is 0 Å². The minimum Gasteiger partial charge on any atom is -0.507 e. The van der Waals surface area contributed by atoms with Gasteiger partial charge in [-0.25, -0.2) is 13.1 Å². The van der Waals surface area contributed by atoms with Gasteiger partial charge in [0.15, 0.2) is 0 Å². The Morgan fingerprint density at radius 1 is 1.08 bits per heavy atom. The van der Waals surface area contributed by atoms with Gasteiger partial charge in [-0.05, 0) is 60.5 Å². The van der Waals surface area contributed by atoms with E-state index in [4.69, 9.17) is 9.11 Å². The number of benzene rings is 2. The summed E-state index contributed by atoms with van der Waals surface area (Å²) in [6.45, 7) is 5.24. The summed E-state index contributed by atoms with van der Waals surface area (Å²) in [4.78, 5) is 4.78. The molecule has 2 atom stereocenters. The quantitative estimate of drug-likeness (QED) is 0.456. The molecule has 10 heteroatoms. The molecule has 1 saturated carbocycles. The molecule has 1 saturated heterocycles. The minimum atomic E-state index is -3.84. The monoisotopic (exact) mass is 530 g/mol. The van der Waals surface area contributed by atoms with E-state index in [0.29, 0.717) is 18.2 Å². The first-order valence-electron chi connectivity index (χ1n) is 12.6. The lowest BCUT2D eigenvalue weighted by atomic mass is 9.79. The molecule has 36 heavy (non-hydrogen) atoms. The van der Waals surface area contributed by atoms with Gasteiger partial charge in [0.2, 0.25) is 10.0 Å². The van der Waals surface area contributed by atoms with Gasteiger partial charge in [0, 0.05) is 50.7 Å². The molecule has 0 spiro atoms. The molecule has 1 aromatic heterocycles. The number of aromatic nitrogens is 1. The molecule has 2 heterocycles. The SMILES string of the molecule is COc1ccc(O)c(S(=O)(=O)NC[C@@H]2CCCC[C@@H]2CN2CCN(c3nsc4ccccc34)CC2)c1. The van der Waals surface area contributed by atoms with Crippen molar-refractivity contribution < 1.29 is 18.3 Å². The van der Waals surface area contributed by atoms with Crippen LogP contribution in [0.5, 0.6) is 11.5 Å². The lowest BCUT2D eigenvalue weighted by molar-refractivity contribution is 0.147. The number of phenols is 1. The highest BCUT2D eigenvalue weighted by Gasteiger charge is 2.30. The molecule has 1 aliphatic heterocycles. The van der Waals surface area contributed by atoms with Crippen molar-refractivity contribution in [3.8, 4) is 11.5 Å². The summed E-state index contributed by atoms with van der Waals surface area (Å²) in [6.07, 6.45) is 4.45. The van der Waals surface area contributed by atoms with Gasteiger partial charge in [0.05, 0.1) is 11.8 Å². The molecule has 194 valence electrons. The molecule has 0 bridgehead atoms. The first kappa shape index (κ1) is 25.3. The third kappa shape index (κ3) is 5.46. The Balaban J connectivity index is 1.18. The number of piperazine rings is 1. The molecule has 0 amide bonds. The van der Waals surface area contributed by atoms with Crippen molar-refractivity contribution in [2.24, 2.45) is 11.8 Å². The van der Waals surface area contributed by atoms with Crippen molar-refractivity contribution in [2.75, 3.05) is 51.3 Å². The predicted octanol–water partition coefficient (Wildman–Crippen LogP) is 3.92. The highest BCUT2D eigenvalue weighted by molar-refractivity contribution is 7.89. The van der Waals surface area contributed by atoms with Crippen molar-refractivity contribution in [2.45, 2.75) is 30.6 Å². The standard InChI is InChI=1S/C26H34N4O4S2/c1-34-21-10-11-23(31)25(16-21)36(32,33)27-17-19-6-2-3-7-20(19)18-29-12-14-30(15-13-29)26-22-8-4-5-9-24(22)35-28-26/h4-5,8-11,16,19-20,27,31H,2-3,6-7,12-15,17-18H2,1H3/t19-,20+/m0/s1. The van der Waals surface area contributed by atoms with E-state index in [9.17, 15) is 13.5 Å². The van der Waals surface area contributed by atoms with E-state index in [1.165, 1.54) is 35.7 Å². The van der Waals surface area contributed by atoms with E-state index in [2.05, 4.69) is 38.8 Å². The van der Waals surface area contributed by atoms with Gasteiger partial charge < -0.3 is 14.7 Å². The van der Waals surface area contributed by atoms with Crippen LogP contribution in [0.4, 0.5) is 5.82 Å². The first-order valence-corrected chi connectivity index (χ1v) is 14.9. The summed E-state index contributed by atoms with van der Waals surface area (Å²) < 4.78 is 39.8. The number of ether oxygens (including phenoxy) is 1. The second-order valence-corrected chi connectivity index (χ2v) is 12.3. The number of methoxy groups -OCH3 is 1. The summed E-state index contributed by atoms with van der Waals surface area (Å²) in [5, 5.41) is 11.4. The Labute approximate surface area is 217 Å². The summed E-state index contributed by atoms with van der Waals surface area (Å²) in [7, 11) is -2.36. The number of nitrogens with one attached hydrogen (secondary N) is 1. The predicted molar refractivity (Wildman–Crippen MR) is 144 cm³/mol. The van der Waals surface area contributed by atoms with Crippen LogP contribution in [0.25, 0.3) is 10.1 Å². The van der Waals surface area contributed by atoms with Crippen LogP contribution < -0.4 is 14.4 Å². The number of rotatable bonds is 8. The summed E-state index contributed by atoms with van der Waals surface area (Å²) in [6, 6.07) is 12.7. The third-order valence-corrected chi connectivity index (χ3v) is 9.85. The van der Waals surface area contributed by atoms with Crippen molar-refractivity contribution in [3.63, 3.8) is 0 Å². The highest BCUT2D eigenvalue weighted by atomic mass is 32.2. The Morgan fingerprint density at radius 3 is 2.61 bits per heavy atom. The molecule has 2 aromatic carbocycles. The van der Waals surface area contributed by atoms with Crippen molar-refractivity contribution in [1.29, 1.82) is 0 Å². The minimum absolute atomic E-state index is 0.139. The number of fused-ring (bicyclic) bond motifs is 1. The maximum atomic E-state index is 13.0. The lowest BCUT2D eigenvalue weighted by Gasteiger charge is -2.40. The van der Waals surface area contributed by atoms with Crippen LogP contribution in [0.15, 0.2) is 47.4 Å². The maximum Gasteiger partial charge on any atom is 0.244 e.